The Hall–Kier alpha value is -2.73. The van der Waals surface area contributed by atoms with E-state index in [1.807, 2.05) is 24.3 Å². The van der Waals surface area contributed by atoms with E-state index in [1.165, 1.54) is 13.2 Å². The second-order valence-electron chi connectivity index (χ2n) is 5.16. The van der Waals surface area contributed by atoms with Crippen molar-refractivity contribution in [2.24, 2.45) is 0 Å². The minimum absolute atomic E-state index is 0.325. The molecule has 0 unspecified atom stereocenters. The van der Waals surface area contributed by atoms with Crippen molar-refractivity contribution in [3.8, 4) is 11.5 Å². The lowest BCUT2D eigenvalue weighted by Gasteiger charge is -2.11. The van der Waals surface area contributed by atoms with E-state index in [2.05, 4.69) is 10.6 Å². The molecule has 2 N–H and O–H groups in total. The summed E-state index contributed by atoms with van der Waals surface area (Å²) >= 11 is 5.90. The minimum atomic E-state index is -0.786. The van der Waals surface area contributed by atoms with Crippen molar-refractivity contribution in [3.63, 3.8) is 0 Å². The summed E-state index contributed by atoms with van der Waals surface area (Å²) in [7, 11) is 3.06. The Balaban J connectivity index is 1.88. The van der Waals surface area contributed by atoms with Crippen LogP contribution in [0.2, 0.25) is 5.02 Å². The molecule has 2 aromatic rings. The standard InChI is InChI=1S/C18H19ClN2O4/c1-24-14-5-3-4-12(10-14)8-9-20-17(22)18(23)21-15-11-13(19)6-7-16(15)25-2/h3-7,10-11H,8-9H2,1-2H3,(H,20,22)(H,21,23). The maximum Gasteiger partial charge on any atom is 0.313 e. The molecule has 0 saturated heterocycles. The quantitative estimate of drug-likeness (QED) is 0.774. The Morgan fingerprint density at radius 3 is 2.56 bits per heavy atom. The molecular formula is C18H19ClN2O4. The largest absolute Gasteiger partial charge is 0.497 e. The van der Waals surface area contributed by atoms with Gasteiger partial charge in [0.1, 0.15) is 11.5 Å². The zero-order chi connectivity index (χ0) is 18.2. The third kappa shape index (κ3) is 5.39. The summed E-state index contributed by atoms with van der Waals surface area (Å²) in [6, 6.07) is 12.3. The van der Waals surface area contributed by atoms with Gasteiger partial charge in [-0.3, -0.25) is 9.59 Å². The zero-order valence-electron chi connectivity index (χ0n) is 14.0. The smallest absolute Gasteiger partial charge is 0.313 e. The maximum absolute atomic E-state index is 12.0. The lowest BCUT2D eigenvalue weighted by atomic mass is 10.1. The van der Waals surface area contributed by atoms with E-state index in [1.54, 1.807) is 19.2 Å². The summed E-state index contributed by atoms with van der Waals surface area (Å²) < 4.78 is 10.3. The van der Waals surface area contributed by atoms with Gasteiger partial charge in [-0.2, -0.15) is 0 Å². The van der Waals surface area contributed by atoms with Gasteiger partial charge in [-0.25, -0.2) is 0 Å². The Kier molecular flexibility index (Phi) is 6.65. The van der Waals surface area contributed by atoms with Crippen molar-refractivity contribution < 1.29 is 19.1 Å². The zero-order valence-corrected chi connectivity index (χ0v) is 14.7. The summed E-state index contributed by atoms with van der Waals surface area (Å²) in [6.07, 6.45) is 0.580. The van der Waals surface area contributed by atoms with Gasteiger partial charge >= 0.3 is 11.8 Å². The van der Waals surface area contributed by atoms with Crippen LogP contribution in [0, 0.1) is 0 Å². The first-order chi connectivity index (χ1) is 12.0. The van der Waals surface area contributed by atoms with Crippen LogP contribution in [-0.2, 0) is 16.0 Å². The normalized spacial score (nSPS) is 10.0. The maximum atomic E-state index is 12.0. The number of nitrogens with one attached hydrogen (secondary N) is 2. The first-order valence-electron chi connectivity index (χ1n) is 7.59. The molecule has 2 amide bonds. The highest BCUT2D eigenvalue weighted by Gasteiger charge is 2.15. The second-order valence-corrected chi connectivity index (χ2v) is 5.59. The van der Waals surface area contributed by atoms with Crippen LogP contribution < -0.4 is 20.1 Å². The molecule has 0 heterocycles. The van der Waals surface area contributed by atoms with Crippen LogP contribution in [0.25, 0.3) is 0 Å². The molecule has 132 valence electrons. The van der Waals surface area contributed by atoms with Gasteiger partial charge in [0, 0.05) is 11.6 Å². The molecule has 0 aromatic heterocycles. The van der Waals surface area contributed by atoms with E-state index in [4.69, 9.17) is 21.1 Å². The number of carbonyl (C=O) groups excluding carboxylic acids is 2. The summed E-state index contributed by atoms with van der Waals surface area (Å²) in [5.74, 6) is -0.354. The third-order valence-electron chi connectivity index (χ3n) is 3.45. The molecule has 0 saturated carbocycles. The van der Waals surface area contributed by atoms with Crippen molar-refractivity contribution in [1.82, 2.24) is 5.32 Å². The lowest BCUT2D eigenvalue weighted by molar-refractivity contribution is -0.136. The number of methoxy groups -OCH3 is 2. The highest BCUT2D eigenvalue weighted by molar-refractivity contribution is 6.40. The van der Waals surface area contributed by atoms with Crippen molar-refractivity contribution >= 4 is 29.1 Å². The molecule has 0 aliphatic heterocycles. The molecule has 0 aliphatic carbocycles. The fraction of sp³-hybridized carbons (Fsp3) is 0.222. The Bertz CT molecular complexity index is 764. The van der Waals surface area contributed by atoms with E-state index in [-0.39, 0.29) is 0 Å². The van der Waals surface area contributed by atoms with E-state index in [0.717, 1.165) is 11.3 Å². The second kappa shape index (κ2) is 8.94. The summed E-state index contributed by atoms with van der Waals surface area (Å²) in [5, 5.41) is 5.49. The Labute approximate surface area is 151 Å². The minimum Gasteiger partial charge on any atom is -0.497 e. The van der Waals surface area contributed by atoms with Gasteiger partial charge in [0.25, 0.3) is 0 Å². The highest BCUT2D eigenvalue weighted by atomic mass is 35.5. The molecule has 0 spiro atoms. The molecule has 0 radical (unpaired) electrons. The first-order valence-corrected chi connectivity index (χ1v) is 7.97. The average molecular weight is 363 g/mol. The number of ether oxygens (including phenoxy) is 2. The van der Waals surface area contributed by atoms with Crippen LogP contribution in [0.3, 0.4) is 0 Å². The number of benzene rings is 2. The van der Waals surface area contributed by atoms with Crippen molar-refractivity contribution in [2.45, 2.75) is 6.42 Å². The molecule has 0 atom stereocenters. The molecule has 7 heteroatoms. The summed E-state index contributed by atoms with van der Waals surface area (Å²) in [4.78, 5) is 23.9. The number of hydrogen-bond donors (Lipinski definition) is 2. The van der Waals surface area contributed by atoms with Gasteiger partial charge in [-0.05, 0) is 42.3 Å². The molecule has 6 nitrogen and oxygen atoms in total. The van der Waals surface area contributed by atoms with Gasteiger partial charge in [0.2, 0.25) is 0 Å². The fourth-order valence-corrected chi connectivity index (χ4v) is 2.36. The SMILES string of the molecule is COc1cccc(CCNC(=O)C(=O)Nc2cc(Cl)ccc2OC)c1. The van der Waals surface area contributed by atoms with Crippen molar-refractivity contribution in [1.29, 1.82) is 0 Å². The van der Waals surface area contributed by atoms with Gasteiger partial charge in [0.15, 0.2) is 0 Å². The average Bonchev–Trinajstić information content (AvgIpc) is 2.62. The van der Waals surface area contributed by atoms with Gasteiger partial charge < -0.3 is 20.1 Å². The van der Waals surface area contributed by atoms with Gasteiger partial charge in [0.05, 0.1) is 19.9 Å². The van der Waals surface area contributed by atoms with E-state index >= 15 is 0 Å². The van der Waals surface area contributed by atoms with E-state index in [9.17, 15) is 9.59 Å². The van der Waals surface area contributed by atoms with Crippen molar-refractivity contribution in [3.05, 3.63) is 53.1 Å². The van der Waals surface area contributed by atoms with Crippen LogP contribution in [0.4, 0.5) is 5.69 Å². The molecule has 2 aromatic carbocycles. The predicted octanol–water partition coefficient (Wildman–Crippen LogP) is 2.65. The van der Waals surface area contributed by atoms with Crippen LogP contribution >= 0.6 is 11.6 Å². The molecular weight excluding hydrogens is 344 g/mol. The Morgan fingerprint density at radius 1 is 1.04 bits per heavy atom. The molecule has 0 bridgehead atoms. The summed E-state index contributed by atoms with van der Waals surface area (Å²) in [6.45, 7) is 0.325. The van der Waals surface area contributed by atoms with Crippen LogP contribution in [0.15, 0.2) is 42.5 Å². The number of carbonyl (C=O) groups is 2. The number of hydrogen-bond acceptors (Lipinski definition) is 4. The Morgan fingerprint density at radius 2 is 1.84 bits per heavy atom. The van der Waals surface area contributed by atoms with Crippen LogP contribution in [0.5, 0.6) is 11.5 Å². The summed E-state index contributed by atoms with van der Waals surface area (Å²) in [5.41, 5.74) is 1.33. The van der Waals surface area contributed by atoms with Gasteiger partial charge in [-0.1, -0.05) is 23.7 Å². The number of rotatable bonds is 6. The number of amides is 2. The monoisotopic (exact) mass is 362 g/mol. The molecule has 0 aliphatic rings. The van der Waals surface area contributed by atoms with Crippen LogP contribution in [0.1, 0.15) is 5.56 Å². The molecule has 2 rings (SSSR count). The molecule has 25 heavy (non-hydrogen) atoms. The van der Waals surface area contributed by atoms with Gasteiger partial charge in [-0.15, -0.1) is 0 Å². The topological polar surface area (TPSA) is 76.7 Å². The fourth-order valence-electron chi connectivity index (χ4n) is 2.19. The van der Waals surface area contributed by atoms with Crippen LogP contribution in [-0.4, -0.2) is 32.6 Å². The number of halogens is 1. The highest BCUT2D eigenvalue weighted by Crippen LogP contribution is 2.27. The lowest BCUT2D eigenvalue weighted by Crippen LogP contribution is -2.36. The van der Waals surface area contributed by atoms with E-state index in [0.29, 0.717) is 29.4 Å². The third-order valence-corrected chi connectivity index (χ3v) is 3.68. The first kappa shape index (κ1) is 18.6. The number of anilines is 1. The predicted molar refractivity (Wildman–Crippen MR) is 96.3 cm³/mol. The van der Waals surface area contributed by atoms with E-state index < -0.39 is 11.8 Å². The van der Waals surface area contributed by atoms with Crippen molar-refractivity contribution in [2.75, 3.05) is 26.1 Å². The molecule has 0 fully saturated rings.